The molecule has 104 valence electrons. The van der Waals surface area contributed by atoms with Gasteiger partial charge in [0.1, 0.15) is 0 Å². The van der Waals surface area contributed by atoms with Crippen LogP contribution in [0.2, 0.25) is 5.02 Å². The van der Waals surface area contributed by atoms with Gasteiger partial charge in [-0.3, -0.25) is 0 Å². The Balaban J connectivity index is 2.52. The summed E-state index contributed by atoms with van der Waals surface area (Å²) in [5.41, 5.74) is -0.457. The van der Waals surface area contributed by atoms with E-state index >= 15 is 0 Å². The second-order valence-electron chi connectivity index (χ2n) is 3.85. The van der Waals surface area contributed by atoms with Gasteiger partial charge in [0.15, 0.2) is 11.6 Å². The van der Waals surface area contributed by atoms with Crippen LogP contribution in [-0.2, 0) is 0 Å². The fraction of sp³-hybridized carbons (Fsp3) is 0. The van der Waals surface area contributed by atoms with Crippen LogP contribution in [0, 0.1) is 15.2 Å². The van der Waals surface area contributed by atoms with Crippen molar-refractivity contribution in [2.75, 3.05) is 5.32 Å². The molecule has 0 bridgehead atoms. The van der Waals surface area contributed by atoms with Gasteiger partial charge in [0.2, 0.25) is 0 Å². The third-order valence-corrected chi connectivity index (χ3v) is 3.50. The molecule has 0 aliphatic heterocycles. The first-order valence-electron chi connectivity index (χ1n) is 5.33. The highest BCUT2D eigenvalue weighted by atomic mass is 127. The van der Waals surface area contributed by atoms with Crippen molar-refractivity contribution in [2.45, 2.75) is 0 Å². The number of anilines is 2. The monoisotopic (exact) mass is 409 g/mol. The SMILES string of the molecule is O=C(O)c1cc(Cl)c(F)c(F)c1Nc1ccc(I)cc1. The van der Waals surface area contributed by atoms with Crippen molar-refractivity contribution in [2.24, 2.45) is 0 Å². The molecule has 0 saturated heterocycles. The zero-order valence-electron chi connectivity index (χ0n) is 9.75. The minimum absolute atomic E-state index is 0.438. The minimum Gasteiger partial charge on any atom is -0.478 e. The largest absolute Gasteiger partial charge is 0.478 e. The van der Waals surface area contributed by atoms with E-state index in [0.717, 1.165) is 9.64 Å². The molecule has 3 nitrogen and oxygen atoms in total. The highest BCUT2D eigenvalue weighted by molar-refractivity contribution is 14.1. The quantitative estimate of drug-likeness (QED) is 0.572. The number of hydrogen-bond donors (Lipinski definition) is 2. The van der Waals surface area contributed by atoms with Crippen LogP contribution >= 0.6 is 34.2 Å². The fourth-order valence-corrected chi connectivity index (χ4v) is 2.12. The van der Waals surface area contributed by atoms with Crippen LogP contribution < -0.4 is 5.32 Å². The summed E-state index contributed by atoms with van der Waals surface area (Å²) in [4.78, 5) is 11.1. The van der Waals surface area contributed by atoms with Gasteiger partial charge in [-0.15, -0.1) is 0 Å². The third kappa shape index (κ3) is 3.01. The van der Waals surface area contributed by atoms with Crippen LogP contribution in [-0.4, -0.2) is 11.1 Å². The standard InChI is InChI=1S/C13H7ClF2INO2/c14-9-5-8(13(19)20)12(11(16)10(9)15)18-7-3-1-6(17)2-4-7/h1-5,18H,(H,19,20). The lowest BCUT2D eigenvalue weighted by Crippen LogP contribution is -2.07. The summed E-state index contributed by atoms with van der Waals surface area (Å²) in [5, 5.41) is 11.0. The van der Waals surface area contributed by atoms with Gasteiger partial charge in [-0.2, -0.15) is 0 Å². The molecule has 0 spiro atoms. The van der Waals surface area contributed by atoms with E-state index in [-0.39, 0.29) is 0 Å². The first-order chi connectivity index (χ1) is 9.40. The van der Waals surface area contributed by atoms with Gasteiger partial charge in [-0.25, -0.2) is 13.6 Å². The molecule has 0 heterocycles. The normalized spacial score (nSPS) is 10.4. The molecule has 20 heavy (non-hydrogen) atoms. The Morgan fingerprint density at radius 3 is 2.35 bits per heavy atom. The topological polar surface area (TPSA) is 49.3 Å². The number of carboxylic acid groups (broad SMARTS) is 1. The molecule has 0 aliphatic rings. The van der Waals surface area contributed by atoms with Gasteiger partial charge in [0.25, 0.3) is 0 Å². The van der Waals surface area contributed by atoms with Crippen LogP contribution in [0.25, 0.3) is 0 Å². The van der Waals surface area contributed by atoms with E-state index in [9.17, 15) is 13.6 Å². The number of hydrogen-bond acceptors (Lipinski definition) is 2. The van der Waals surface area contributed by atoms with Crippen LogP contribution in [0.15, 0.2) is 30.3 Å². The summed E-state index contributed by atoms with van der Waals surface area (Å²) in [6.45, 7) is 0. The molecule has 2 aromatic rings. The Kier molecular flexibility index (Phi) is 4.44. The second kappa shape index (κ2) is 5.92. The lowest BCUT2D eigenvalue weighted by Gasteiger charge is -2.12. The zero-order valence-corrected chi connectivity index (χ0v) is 12.7. The van der Waals surface area contributed by atoms with Crippen molar-refractivity contribution in [3.63, 3.8) is 0 Å². The number of aromatic carboxylic acids is 1. The molecule has 2 rings (SSSR count). The van der Waals surface area contributed by atoms with Crippen LogP contribution in [0.5, 0.6) is 0 Å². The number of carbonyl (C=O) groups is 1. The van der Waals surface area contributed by atoms with Crippen molar-refractivity contribution in [3.8, 4) is 0 Å². The van der Waals surface area contributed by atoms with Crippen molar-refractivity contribution in [1.82, 2.24) is 0 Å². The summed E-state index contributed by atoms with van der Waals surface area (Å²) in [6, 6.07) is 7.61. The Labute approximate surface area is 131 Å². The van der Waals surface area contributed by atoms with Gasteiger partial charge in [0.05, 0.1) is 16.3 Å². The Hall–Kier alpha value is -1.41. The van der Waals surface area contributed by atoms with E-state index in [1.54, 1.807) is 24.3 Å². The molecular weight excluding hydrogens is 403 g/mol. The maximum absolute atomic E-state index is 13.9. The molecule has 0 fully saturated rings. The average Bonchev–Trinajstić information content (AvgIpc) is 2.41. The maximum atomic E-state index is 13.9. The van der Waals surface area contributed by atoms with Gasteiger partial charge >= 0.3 is 5.97 Å². The highest BCUT2D eigenvalue weighted by Gasteiger charge is 2.21. The number of halogens is 4. The molecule has 7 heteroatoms. The van der Waals surface area contributed by atoms with E-state index in [4.69, 9.17) is 16.7 Å². The average molecular weight is 410 g/mol. The molecule has 0 aromatic heterocycles. The molecule has 0 saturated carbocycles. The summed E-state index contributed by atoms with van der Waals surface area (Å²) in [6.07, 6.45) is 0. The van der Waals surface area contributed by atoms with Gasteiger partial charge in [-0.05, 0) is 52.9 Å². The summed E-state index contributed by atoms with van der Waals surface area (Å²) in [5.74, 6) is -4.02. The first-order valence-corrected chi connectivity index (χ1v) is 6.79. The highest BCUT2D eigenvalue weighted by Crippen LogP contribution is 2.31. The smallest absolute Gasteiger partial charge is 0.337 e. The van der Waals surface area contributed by atoms with Crippen molar-refractivity contribution in [3.05, 3.63) is 56.1 Å². The van der Waals surface area contributed by atoms with E-state index < -0.39 is 33.9 Å². The number of nitrogens with one attached hydrogen (secondary N) is 1. The van der Waals surface area contributed by atoms with Crippen LogP contribution in [0.4, 0.5) is 20.2 Å². The Morgan fingerprint density at radius 2 is 1.80 bits per heavy atom. The molecule has 0 atom stereocenters. The second-order valence-corrected chi connectivity index (χ2v) is 5.50. The molecule has 2 N–H and O–H groups in total. The summed E-state index contributed by atoms with van der Waals surface area (Å²) in [7, 11) is 0. The predicted molar refractivity (Wildman–Crippen MR) is 80.8 cm³/mol. The minimum atomic E-state index is -1.40. The van der Waals surface area contributed by atoms with E-state index in [2.05, 4.69) is 27.9 Å². The lowest BCUT2D eigenvalue weighted by atomic mass is 10.1. The molecular formula is C13H7ClF2INO2. The van der Waals surface area contributed by atoms with Crippen LogP contribution in [0.3, 0.4) is 0 Å². The molecule has 0 amide bonds. The Bertz CT molecular complexity index is 677. The number of rotatable bonds is 3. The number of benzene rings is 2. The van der Waals surface area contributed by atoms with E-state index in [1.807, 2.05) is 0 Å². The number of carboxylic acids is 1. The molecule has 2 aromatic carbocycles. The van der Waals surface area contributed by atoms with Crippen molar-refractivity contribution >= 4 is 51.5 Å². The molecule has 0 radical (unpaired) electrons. The van der Waals surface area contributed by atoms with Gasteiger partial charge in [-0.1, -0.05) is 11.6 Å². The predicted octanol–water partition coefficient (Wildman–Crippen LogP) is 4.66. The van der Waals surface area contributed by atoms with E-state index in [1.165, 1.54) is 0 Å². The molecule has 0 aliphatic carbocycles. The fourth-order valence-electron chi connectivity index (χ4n) is 1.56. The Morgan fingerprint density at radius 1 is 1.20 bits per heavy atom. The molecule has 0 unspecified atom stereocenters. The lowest BCUT2D eigenvalue weighted by molar-refractivity contribution is 0.0697. The maximum Gasteiger partial charge on any atom is 0.337 e. The van der Waals surface area contributed by atoms with Crippen LogP contribution in [0.1, 0.15) is 10.4 Å². The van der Waals surface area contributed by atoms with Gasteiger partial charge in [0, 0.05) is 9.26 Å². The third-order valence-electron chi connectivity index (χ3n) is 2.51. The first kappa shape index (κ1) is 15.0. The van der Waals surface area contributed by atoms with Gasteiger partial charge < -0.3 is 10.4 Å². The zero-order chi connectivity index (χ0) is 14.9. The van der Waals surface area contributed by atoms with Crippen molar-refractivity contribution in [1.29, 1.82) is 0 Å². The summed E-state index contributed by atoms with van der Waals surface area (Å²) >= 11 is 7.54. The van der Waals surface area contributed by atoms with Crippen molar-refractivity contribution < 1.29 is 18.7 Å². The summed E-state index contributed by atoms with van der Waals surface area (Å²) < 4.78 is 28.3. The van der Waals surface area contributed by atoms with E-state index in [0.29, 0.717) is 5.69 Å².